The van der Waals surface area contributed by atoms with E-state index in [1.165, 1.54) is 5.56 Å². The summed E-state index contributed by atoms with van der Waals surface area (Å²) in [5.74, 6) is 1.86. The highest BCUT2D eigenvalue weighted by Crippen LogP contribution is 2.33. The van der Waals surface area contributed by atoms with E-state index in [9.17, 15) is 0 Å². The standard InChI is InChI=1S/C46H30N6/c1-4-12-31(13-5-1)32-19-23-36(24-20-32)45-50-44(35-16-8-3-9-17-35)51-46(52-45)37-25-21-33(22-26-37)38-27-28-39-41(30-38)49-43(40-18-10-11-29-47-40)42(48-39)34-14-6-2-7-15-34/h1-30H. The van der Waals surface area contributed by atoms with Gasteiger partial charge in [0.25, 0.3) is 0 Å². The molecule has 6 aromatic carbocycles. The molecule has 0 radical (unpaired) electrons. The van der Waals surface area contributed by atoms with E-state index in [-0.39, 0.29) is 0 Å². The number of pyridine rings is 1. The van der Waals surface area contributed by atoms with Gasteiger partial charge < -0.3 is 0 Å². The van der Waals surface area contributed by atoms with Gasteiger partial charge in [-0.05, 0) is 46.5 Å². The summed E-state index contributed by atoms with van der Waals surface area (Å²) in [7, 11) is 0. The van der Waals surface area contributed by atoms with E-state index < -0.39 is 0 Å². The lowest BCUT2D eigenvalue weighted by molar-refractivity contribution is 1.07. The van der Waals surface area contributed by atoms with Crippen molar-refractivity contribution in [2.45, 2.75) is 0 Å². The molecule has 0 aliphatic heterocycles. The number of nitrogens with zero attached hydrogens (tertiary/aromatic N) is 6. The number of benzene rings is 6. The van der Waals surface area contributed by atoms with Crippen LogP contribution in [0.15, 0.2) is 182 Å². The molecule has 0 saturated heterocycles. The van der Waals surface area contributed by atoms with Crippen molar-refractivity contribution in [3.63, 3.8) is 0 Å². The van der Waals surface area contributed by atoms with Gasteiger partial charge in [0.2, 0.25) is 0 Å². The van der Waals surface area contributed by atoms with Gasteiger partial charge in [-0.2, -0.15) is 0 Å². The Kier molecular flexibility index (Phi) is 8.08. The lowest BCUT2D eigenvalue weighted by Gasteiger charge is -2.11. The molecule has 0 spiro atoms. The molecular weight excluding hydrogens is 637 g/mol. The minimum atomic E-state index is 0.611. The Hall–Kier alpha value is -7.18. The lowest BCUT2D eigenvalue weighted by Crippen LogP contribution is -2.00. The number of aromatic nitrogens is 6. The molecule has 0 atom stereocenters. The van der Waals surface area contributed by atoms with Crippen LogP contribution in [0.3, 0.4) is 0 Å². The smallest absolute Gasteiger partial charge is 0.164 e. The normalized spacial score (nSPS) is 11.1. The maximum absolute atomic E-state index is 5.12. The third-order valence-electron chi connectivity index (χ3n) is 9.01. The monoisotopic (exact) mass is 666 g/mol. The molecule has 0 aliphatic carbocycles. The first-order valence-electron chi connectivity index (χ1n) is 17.1. The van der Waals surface area contributed by atoms with Crippen molar-refractivity contribution < 1.29 is 0 Å². The zero-order valence-corrected chi connectivity index (χ0v) is 28.0. The minimum Gasteiger partial charge on any atom is -0.255 e. The molecule has 0 aliphatic rings. The zero-order chi connectivity index (χ0) is 34.7. The largest absolute Gasteiger partial charge is 0.255 e. The van der Waals surface area contributed by atoms with Crippen LogP contribution in [0.1, 0.15) is 0 Å². The number of fused-ring (bicyclic) bond motifs is 1. The van der Waals surface area contributed by atoms with E-state index in [1.54, 1.807) is 6.20 Å². The fraction of sp³-hybridized carbons (Fsp3) is 0. The summed E-state index contributed by atoms with van der Waals surface area (Å²) < 4.78 is 0. The van der Waals surface area contributed by atoms with Crippen molar-refractivity contribution in [1.29, 1.82) is 0 Å². The van der Waals surface area contributed by atoms with Gasteiger partial charge in [0.05, 0.1) is 22.4 Å². The summed E-state index contributed by atoms with van der Waals surface area (Å²) >= 11 is 0. The molecule has 3 aromatic heterocycles. The van der Waals surface area contributed by atoms with Gasteiger partial charge in [0.15, 0.2) is 17.5 Å². The van der Waals surface area contributed by atoms with E-state index in [4.69, 9.17) is 24.9 Å². The SMILES string of the molecule is c1ccc(-c2ccc(-c3nc(-c4ccccc4)nc(-c4ccc(-c5ccc6nc(-c7ccccc7)c(-c7ccccn7)nc6c5)cc4)n3)cc2)cc1. The van der Waals surface area contributed by atoms with Crippen LogP contribution in [-0.2, 0) is 0 Å². The third kappa shape index (κ3) is 6.21. The third-order valence-corrected chi connectivity index (χ3v) is 9.01. The highest BCUT2D eigenvalue weighted by atomic mass is 15.0. The highest BCUT2D eigenvalue weighted by Gasteiger charge is 2.16. The van der Waals surface area contributed by atoms with Crippen molar-refractivity contribution in [2.24, 2.45) is 0 Å². The van der Waals surface area contributed by atoms with Gasteiger partial charge in [0, 0.05) is 28.5 Å². The summed E-state index contributed by atoms with van der Waals surface area (Å²) in [6.07, 6.45) is 1.79. The highest BCUT2D eigenvalue weighted by molar-refractivity contribution is 5.88. The van der Waals surface area contributed by atoms with Gasteiger partial charge in [-0.3, -0.25) is 4.98 Å². The summed E-state index contributed by atoms with van der Waals surface area (Å²) in [5, 5.41) is 0. The summed E-state index contributed by atoms with van der Waals surface area (Å²) in [4.78, 5) is 29.6. The van der Waals surface area contributed by atoms with E-state index in [1.807, 2.05) is 91.0 Å². The first-order valence-corrected chi connectivity index (χ1v) is 17.1. The molecule has 0 saturated carbocycles. The van der Waals surface area contributed by atoms with E-state index >= 15 is 0 Å². The van der Waals surface area contributed by atoms with Crippen LogP contribution in [0.5, 0.6) is 0 Å². The topological polar surface area (TPSA) is 77.3 Å². The van der Waals surface area contributed by atoms with Gasteiger partial charge in [0.1, 0.15) is 5.69 Å². The molecule has 6 nitrogen and oxygen atoms in total. The first kappa shape index (κ1) is 30.8. The van der Waals surface area contributed by atoms with E-state index in [0.29, 0.717) is 17.5 Å². The Labute approximate surface area is 301 Å². The molecular formula is C46H30N6. The second-order valence-electron chi connectivity index (χ2n) is 12.4. The molecule has 0 unspecified atom stereocenters. The molecule has 244 valence electrons. The molecule has 0 fully saturated rings. The van der Waals surface area contributed by atoms with Crippen LogP contribution in [0.2, 0.25) is 0 Å². The summed E-state index contributed by atoms with van der Waals surface area (Å²) in [6.45, 7) is 0. The fourth-order valence-electron chi connectivity index (χ4n) is 6.32. The van der Waals surface area contributed by atoms with Crippen molar-refractivity contribution >= 4 is 11.0 Å². The molecule has 52 heavy (non-hydrogen) atoms. The lowest BCUT2D eigenvalue weighted by atomic mass is 10.0. The average molecular weight is 667 g/mol. The Morgan fingerprint density at radius 1 is 0.269 bits per heavy atom. The first-order chi connectivity index (χ1) is 25.7. The quantitative estimate of drug-likeness (QED) is 0.168. The predicted molar refractivity (Wildman–Crippen MR) is 209 cm³/mol. The molecule has 9 rings (SSSR count). The Bertz CT molecular complexity index is 2630. The van der Waals surface area contributed by atoms with E-state index in [0.717, 1.165) is 67.1 Å². The van der Waals surface area contributed by atoms with Crippen molar-refractivity contribution in [2.75, 3.05) is 0 Å². The number of rotatable bonds is 7. The Morgan fingerprint density at radius 2 is 0.692 bits per heavy atom. The Morgan fingerprint density at radius 3 is 1.25 bits per heavy atom. The van der Waals surface area contributed by atoms with E-state index in [2.05, 4.69) is 89.9 Å². The van der Waals surface area contributed by atoms with Gasteiger partial charge in [-0.15, -0.1) is 0 Å². The Balaban J connectivity index is 1.08. The van der Waals surface area contributed by atoms with Crippen LogP contribution < -0.4 is 0 Å². The second kappa shape index (κ2) is 13.6. The molecule has 0 N–H and O–H groups in total. The van der Waals surface area contributed by atoms with Crippen LogP contribution in [0, 0.1) is 0 Å². The fourth-order valence-corrected chi connectivity index (χ4v) is 6.32. The van der Waals surface area contributed by atoms with Crippen molar-refractivity contribution in [1.82, 2.24) is 29.9 Å². The number of hydrogen-bond donors (Lipinski definition) is 0. The average Bonchev–Trinajstić information content (AvgIpc) is 3.24. The van der Waals surface area contributed by atoms with Gasteiger partial charge in [-0.25, -0.2) is 24.9 Å². The zero-order valence-electron chi connectivity index (χ0n) is 28.0. The molecule has 0 bridgehead atoms. The van der Waals surface area contributed by atoms with Crippen molar-refractivity contribution in [3.8, 4) is 79.1 Å². The van der Waals surface area contributed by atoms with Gasteiger partial charge in [-0.1, -0.05) is 152 Å². The number of hydrogen-bond acceptors (Lipinski definition) is 6. The maximum atomic E-state index is 5.12. The van der Waals surface area contributed by atoms with Crippen LogP contribution in [-0.4, -0.2) is 29.9 Å². The predicted octanol–water partition coefficient (Wildman–Crippen LogP) is 10.9. The molecule has 0 amide bonds. The molecule has 9 aromatic rings. The van der Waals surface area contributed by atoms with Crippen LogP contribution in [0.25, 0.3) is 90.1 Å². The summed E-state index contributed by atoms with van der Waals surface area (Å²) in [6, 6.07) is 59.3. The van der Waals surface area contributed by atoms with Crippen LogP contribution in [0.4, 0.5) is 0 Å². The minimum absolute atomic E-state index is 0.611. The molecule has 6 heteroatoms. The van der Waals surface area contributed by atoms with Crippen LogP contribution >= 0.6 is 0 Å². The maximum Gasteiger partial charge on any atom is 0.164 e. The summed E-state index contributed by atoms with van der Waals surface area (Å²) in [5.41, 5.74) is 12.1. The second-order valence-corrected chi connectivity index (χ2v) is 12.4. The molecule has 3 heterocycles. The van der Waals surface area contributed by atoms with Gasteiger partial charge >= 0.3 is 0 Å². The van der Waals surface area contributed by atoms with Crippen molar-refractivity contribution in [3.05, 3.63) is 182 Å².